The van der Waals surface area contributed by atoms with Crippen molar-refractivity contribution in [3.05, 3.63) is 59.7 Å². The van der Waals surface area contributed by atoms with E-state index in [4.69, 9.17) is 25.4 Å². The Bertz CT molecular complexity index is 847. The molecule has 7 nitrogen and oxygen atoms in total. The van der Waals surface area contributed by atoms with Gasteiger partial charge in [0.2, 0.25) is 0 Å². The van der Waals surface area contributed by atoms with Crippen LogP contribution in [0.5, 0.6) is 5.75 Å². The van der Waals surface area contributed by atoms with Gasteiger partial charge in [-0.15, -0.1) is 11.8 Å². The van der Waals surface area contributed by atoms with Gasteiger partial charge in [0.1, 0.15) is 18.2 Å². The lowest BCUT2D eigenvalue weighted by Gasteiger charge is -2.21. The smallest absolute Gasteiger partial charge is 0.407 e. The molecule has 8 heteroatoms. The van der Waals surface area contributed by atoms with Crippen molar-refractivity contribution in [1.82, 2.24) is 5.32 Å². The number of fused-ring (bicyclic) bond motifs is 1. The minimum Gasteiger partial charge on any atom is -0.482 e. The summed E-state index contributed by atoms with van der Waals surface area (Å²) in [5, 5.41) is 10.3. The summed E-state index contributed by atoms with van der Waals surface area (Å²) < 4.78 is 16.6. The summed E-state index contributed by atoms with van der Waals surface area (Å²) in [7, 11) is 1.57. The van der Waals surface area contributed by atoms with Crippen LogP contribution in [0.1, 0.15) is 17.2 Å². The number of alkyl carbamates (subject to hydrolysis) is 1. The monoisotopic (exact) mass is 415 g/mol. The molecular weight excluding hydrogens is 390 g/mol. The largest absolute Gasteiger partial charge is 0.482 e. The van der Waals surface area contributed by atoms with Crippen LogP contribution in [0.2, 0.25) is 0 Å². The van der Waals surface area contributed by atoms with Crippen LogP contribution in [0.4, 0.5) is 4.79 Å². The molecule has 0 fully saturated rings. The normalized spacial score (nSPS) is 16.0. The molecule has 2 unspecified atom stereocenters. The Kier molecular flexibility index (Phi) is 7.37. The van der Waals surface area contributed by atoms with E-state index >= 15 is 0 Å². The zero-order chi connectivity index (χ0) is 20.6. The van der Waals surface area contributed by atoms with Crippen molar-refractivity contribution in [3.8, 4) is 5.75 Å². The molecule has 0 aliphatic carbocycles. The van der Waals surface area contributed by atoms with Crippen LogP contribution in [-0.2, 0) is 15.9 Å². The summed E-state index contributed by atoms with van der Waals surface area (Å²) in [4.78, 5) is 13.0. The number of thioether (sulfide) groups is 1. The molecule has 2 atom stereocenters. The standard InChI is InChI=1S/C21H25N3O4S/c1-26-11-10-24-21(25)27-13-17(14-6-3-2-4-7-14)28-16-8-5-9-18-15(16)12-19(29-18)20(22)23/h2-9,17,19H,10-13H2,1H3,(H3,22,23)(H,24,25). The third-order valence-corrected chi connectivity index (χ3v) is 5.82. The molecule has 0 saturated heterocycles. The molecule has 1 amide bonds. The van der Waals surface area contributed by atoms with Gasteiger partial charge >= 0.3 is 6.09 Å². The summed E-state index contributed by atoms with van der Waals surface area (Å²) in [5.74, 6) is 0.879. The second-order valence-corrected chi connectivity index (χ2v) is 7.78. The van der Waals surface area contributed by atoms with Crippen molar-refractivity contribution in [3.63, 3.8) is 0 Å². The van der Waals surface area contributed by atoms with Crippen molar-refractivity contribution in [2.45, 2.75) is 22.7 Å². The summed E-state index contributed by atoms with van der Waals surface area (Å²) in [6.07, 6.45) is -0.333. The quantitative estimate of drug-likeness (QED) is 0.330. The van der Waals surface area contributed by atoms with Crippen LogP contribution in [0.15, 0.2) is 53.4 Å². The third-order valence-electron chi connectivity index (χ3n) is 4.48. The van der Waals surface area contributed by atoms with E-state index in [2.05, 4.69) is 5.32 Å². The van der Waals surface area contributed by atoms with E-state index in [-0.39, 0.29) is 17.7 Å². The number of amidine groups is 1. The maximum atomic E-state index is 11.9. The number of nitrogens with one attached hydrogen (secondary N) is 2. The zero-order valence-corrected chi connectivity index (χ0v) is 17.0. The molecule has 4 N–H and O–H groups in total. The number of ether oxygens (including phenoxy) is 3. The first-order valence-electron chi connectivity index (χ1n) is 9.32. The molecule has 2 aromatic carbocycles. The molecule has 0 aromatic heterocycles. The molecule has 0 radical (unpaired) electrons. The average molecular weight is 416 g/mol. The highest BCUT2D eigenvalue weighted by Crippen LogP contribution is 2.42. The van der Waals surface area contributed by atoms with E-state index in [1.165, 1.54) is 0 Å². The Hall–Kier alpha value is -2.71. The number of carbonyl (C=O) groups is 1. The Morgan fingerprint density at radius 3 is 2.79 bits per heavy atom. The fourth-order valence-electron chi connectivity index (χ4n) is 3.00. The van der Waals surface area contributed by atoms with Gasteiger partial charge in [0.05, 0.1) is 11.9 Å². The molecular formula is C21H25N3O4S. The highest BCUT2D eigenvalue weighted by molar-refractivity contribution is 8.01. The van der Waals surface area contributed by atoms with Gasteiger partial charge in [-0.3, -0.25) is 5.41 Å². The minimum atomic E-state index is -0.517. The number of hydrogen-bond acceptors (Lipinski definition) is 6. The minimum absolute atomic E-state index is 0.0653. The van der Waals surface area contributed by atoms with Crippen LogP contribution in [0.25, 0.3) is 0 Å². The molecule has 0 bridgehead atoms. The number of benzene rings is 2. The second-order valence-electron chi connectivity index (χ2n) is 6.53. The predicted octanol–water partition coefficient (Wildman–Crippen LogP) is 3.13. The Balaban J connectivity index is 1.73. The maximum absolute atomic E-state index is 11.9. The molecule has 29 heavy (non-hydrogen) atoms. The van der Waals surface area contributed by atoms with Gasteiger partial charge in [0.15, 0.2) is 6.10 Å². The molecule has 3 rings (SSSR count). The van der Waals surface area contributed by atoms with Crippen LogP contribution in [-0.4, -0.2) is 44.0 Å². The first kappa shape index (κ1) is 21.0. The van der Waals surface area contributed by atoms with Gasteiger partial charge in [-0.25, -0.2) is 4.79 Å². The van der Waals surface area contributed by atoms with Gasteiger partial charge in [-0.1, -0.05) is 36.4 Å². The lowest BCUT2D eigenvalue weighted by atomic mass is 10.1. The molecule has 0 saturated carbocycles. The van der Waals surface area contributed by atoms with E-state index in [1.807, 2.05) is 48.5 Å². The highest BCUT2D eigenvalue weighted by atomic mass is 32.2. The molecule has 1 aliphatic rings. The summed E-state index contributed by atoms with van der Waals surface area (Å²) in [6.45, 7) is 0.858. The maximum Gasteiger partial charge on any atom is 0.407 e. The zero-order valence-electron chi connectivity index (χ0n) is 16.2. The third kappa shape index (κ3) is 5.65. The van der Waals surface area contributed by atoms with Crippen LogP contribution >= 0.6 is 11.8 Å². The van der Waals surface area contributed by atoms with E-state index in [9.17, 15) is 4.79 Å². The summed E-state index contributed by atoms with van der Waals surface area (Å²) in [5.41, 5.74) is 7.64. The van der Waals surface area contributed by atoms with Crippen LogP contribution < -0.4 is 15.8 Å². The lowest BCUT2D eigenvalue weighted by Crippen LogP contribution is -2.29. The van der Waals surface area contributed by atoms with Crippen molar-refractivity contribution in [2.24, 2.45) is 5.73 Å². The van der Waals surface area contributed by atoms with Crippen LogP contribution in [0.3, 0.4) is 0 Å². The molecule has 1 heterocycles. The average Bonchev–Trinajstić information content (AvgIpc) is 3.17. The fourth-order valence-corrected chi connectivity index (χ4v) is 4.16. The van der Waals surface area contributed by atoms with Gasteiger partial charge in [0.25, 0.3) is 0 Å². The van der Waals surface area contributed by atoms with E-state index in [0.717, 1.165) is 21.8 Å². The number of amides is 1. The predicted molar refractivity (Wildman–Crippen MR) is 113 cm³/mol. The molecule has 154 valence electrons. The van der Waals surface area contributed by atoms with Gasteiger partial charge in [0, 0.05) is 24.1 Å². The molecule has 2 aromatic rings. The van der Waals surface area contributed by atoms with Crippen molar-refractivity contribution >= 4 is 23.7 Å². The molecule has 1 aliphatic heterocycles. The number of rotatable bonds is 9. The number of methoxy groups -OCH3 is 1. The number of hydrogen-bond donors (Lipinski definition) is 3. The Labute approximate surface area is 174 Å². The van der Waals surface area contributed by atoms with Crippen molar-refractivity contribution < 1.29 is 19.0 Å². The number of nitrogens with two attached hydrogens (primary N) is 1. The SMILES string of the molecule is COCCNC(=O)OCC(Oc1cccc2c1CC(C(=N)N)S2)c1ccccc1. The summed E-state index contributed by atoms with van der Waals surface area (Å²) in [6, 6.07) is 15.5. The van der Waals surface area contributed by atoms with Crippen molar-refractivity contribution in [1.29, 1.82) is 5.41 Å². The van der Waals surface area contributed by atoms with E-state index < -0.39 is 12.2 Å². The first-order chi connectivity index (χ1) is 14.1. The first-order valence-corrected chi connectivity index (χ1v) is 10.2. The second kappa shape index (κ2) is 10.2. The number of carbonyl (C=O) groups excluding carboxylic acids is 1. The van der Waals surface area contributed by atoms with Crippen molar-refractivity contribution in [2.75, 3.05) is 26.9 Å². The fraction of sp³-hybridized carbons (Fsp3) is 0.333. The van der Waals surface area contributed by atoms with E-state index in [0.29, 0.717) is 19.6 Å². The molecule has 0 spiro atoms. The Morgan fingerprint density at radius 1 is 1.28 bits per heavy atom. The van der Waals surface area contributed by atoms with Crippen LogP contribution in [0, 0.1) is 5.41 Å². The topological polar surface area (TPSA) is 107 Å². The van der Waals surface area contributed by atoms with E-state index in [1.54, 1.807) is 18.9 Å². The van der Waals surface area contributed by atoms with Gasteiger partial charge in [-0.05, 0) is 24.1 Å². The highest BCUT2D eigenvalue weighted by Gasteiger charge is 2.28. The van der Waals surface area contributed by atoms with Gasteiger partial charge < -0.3 is 25.3 Å². The van der Waals surface area contributed by atoms with Gasteiger partial charge in [-0.2, -0.15) is 0 Å². The Morgan fingerprint density at radius 2 is 2.07 bits per heavy atom. The summed E-state index contributed by atoms with van der Waals surface area (Å²) >= 11 is 1.57. The lowest BCUT2D eigenvalue weighted by molar-refractivity contribution is 0.0796.